The summed E-state index contributed by atoms with van der Waals surface area (Å²) in [6, 6.07) is 11.6. The van der Waals surface area contributed by atoms with Crippen molar-refractivity contribution in [2.45, 2.75) is 13.5 Å². The highest BCUT2D eigenvalue weighted by molar-refractivity contribution is 9.11. The molecule has 0 unspecified atom stereocenters. The van der Waals surface area contributed by atoms with Crippen LogP contribution in [0.1, 0.15) is 18.1 Å². The van der Waals surface area contributed by atoms with E-state index in [0.29, 0.717) is 34.0 Å². The number of hydrogen-bond acceptors (Lipinski definition) is 5. The molecule has 2 aromatic carbocycles. The molecule has 2 aromatic rings. The molecule has 0 amide bonds. The van der Waals surface area contributed by atoms with Crippen LogP contribution in [0.2, 0.25) is 0 Å². The third kappa shape index (κ3) is 3.99. The van der Waals surface area contributed by atoms with Gasteiger partial charge in [0.2, 0.25) is 0 Å². The quantitative estimate of drug-likeness (QED) is 0.440. The van der Waals surface area contributed by atoms with Crippen molar-refractivity contribution >= 4 is 49.8 Å². The van der Waals surface area contributed by atoms with E-state index in [1.807, 2.05) is 36.4 Å². The fourth-order valence-corrected chi connectivity index (χ4v) is 4.03. The molecule has 5 nitrogen and oxygen atoms in total. The summed E-state index contributed by atoms with van der Waals surface area (Å²) in [6.07, 6.45) is 1.63. The summed E-state index contributed by atoms with van der Waals surface area (Å²) < 4.78 is 17.8. The number of nitrogens with zero attached hydrogens (tertiary/aromatic N) is 1. The van der Waals surface area contributed by atoms with Gasteiger partial charge in [0.15, 0.2) is 17.3 Å². The molecule has 0 N–H and O–H groups in total. The maximum absolute atomic E-state index is 11.9. The molecule has 7 heteroatoms. The molecule has 134 valence electrons. The molecule has 1 heterocycles. The van der Waals surface area contributed by atoms with Crippen molar-refractivity contribution < 1.29 is 19.0 Å². The highest BCUT2D eigenvalue weighted by atomic mass is 79.9. The molecule has 0 spiro atoms. The first-order valence-electron chi connectivity index (χ1n) is 7.71. The van der Waals surface area contributed by atoms with Crippen LogP contribution in [-0.4, -0.2) is 19.0 Å². The molecular formula is C19H15Br2NO4. The van der Waals surface area contributed by atoms with Gasteiger partial charge in [-0.25, -0.2) is 9.79 Å². The molecule has 0 radical (unpaired) electrons. The number of hydrogen-bond donors (Lipinski definition) is 0. The lowest BCUT2D eigenvalue weighted by atomic mass is 10.1. The molecule has 1 aliphatic heterocycles. The second-order valence-corrected chi connectivity index (χ2v) is 7.10. The van der Waals surface area contributed by atoms with Crippen LogP contribution >= 0.6 is 31.9 Å². The molecule has 0 bridgehead atoms. The monoisotopic (exact) mass is 479 g/mol. The second-order valence-electron chi connectivity index (χ2n) is 5.45. The number of carbonyl (C=O) groups is 1. The fraction of sp³-hybridized carbons (Fsp3) is 0.158. The van der Waals surface area contributed by atoms with Gasteiger partial charge in [0.05, 0.1) is 11.6 Å². The molecule has 0 atom stereocenters. The normalized spacial score (nSPS) is 15.0. The molecule has 0 aliphatic carbocycles. The molecule has 3 rings (SSSR count). The summed E-state index contributed by atoms with van der Waals surface area (Å²) in [5.41, 5.74) is 1.91. The average molecular weight is 481 g/mol. The number of esters is 1. The summed E-state index contributed by atoms with van der Waals surface area (Å²) in [4.78, 5) is 16.0. The number of carbonyl (C=O) groups excluding carboxylic acids is 1. The Morgan fingerprint density at radius 3 is 2.54 bits per heavy atom. The smallest absolute Gasteiger partial charge is 0.363 e. The van der Waals surface area contributed by atoms with Gasteiger partial charge < -0.3 is 14.2 Å². The van der Waals surface area contributed by atoms with Gasteiger partial charge in [0.1, 0.15) is 16.8 Å². The number of halogens is 2. The van der Waals surface area contributed by atoms with Gasteiger partial charge >= 0.3 is 5.97 Å². The van der Waals surface area contributed by atoms with E-state index in [1.54, 1.807) is 20.1 Å². The SMILES string of the molecule is COc1c(Br)cc(/C=C2\N=C(C)OC2=O)c(OCc2ccccc2)c1Br. The minimum absolute atomic E-state index is 0.219. The van der Waals surface area contributed by atoms with E-state index in [1.165, 1.54) is 0 Å². The zero-order valence-electron chi connectivity index (χ0n) is 14.1. The van der Waals surface area contributed by atoms with E-state index in [4.69, 9.17) is 14.2 Å². The minimum Gasteiger partial charge on any atom is -0.494 e. The largest absolute Gasteiger partial charge is 0.494 e. The third-order valence-corrected chi connectivity index (χ3v) is 4.92. The highest BCUT2D eigenvalue weighted by Gasteiger charge is 2.22. The van der Waals surface area contributed by atoms with E-state index in [-0.39, 0.29) is 5.70 Å². The molecular weight excluding hydrogens is 466 g/mol. The Bertz CT molecular complexity index is 908. The summed E-state index contributed by atoms with van der Waals surface area (Å²) in [5.74, 6) is 0.983. The van der Waals surface area contributed by atoms with Gasteiger partial charge in [0.25, 0.3) is 0 Å². The van der Waals surface area contributed by atoms with Crippen molar-refractivity contribution in [1.29, 1.82) is 0 Å². The van der Waals surface area contributed by atoms with Crippen molar-refractivity contribution in [1.82, 2.24) is 0 Å². The Kier molecular flexibility index (Phi) is 5.78. The van der Waals surface area contributed by atoms with Crippen LogP contribution < -0.4 is 9.47 Å². The van der Waals surface area contributed by atoms with E-state index < -0.39 is 5.97 Å². The van der Waals surface area contributed by atoms with Gasteiger partial charge in [0, 0.05) is 12.5 Å². The van der Waals surface area contributed by atoms with Crippen LogP contribution in [0, 0.1) is 0 Å². The Hall–Kier alpha value is -2.12. The lowest BCUT2D eigenvalue weighted by Crippen LogP contribution is -2.02. The second kappa shape index (κ2) is 8.05. The number of cyclic esters (lactones) is 1. The Labute approximate surface area is 167 Å². The van der Waals surface area contributed by atoms with E-state index in [0.717, 1.165) is 10.0 Å². The predicted molar refractivity (Wildman–Crippen MR) is 106 cm³/mol. The molecule has 0 saturated carbocycles. The zero-order chi connectivity index (χ0) is 18.7. The van der Waals surface area contributed by atoms with Crippen LogP contribution in [-0.2, 0) is 16.1 Å². The third-order valence-electron chi connectivity index (χ3n) is 3.61. The van der Waals surface area contributed by atoms with Crippen molar-refractivity contribution in [2.75, 3.05) is 7.11 Å². The number of methoxy groups -OCH3 is 1. The average Bonchev–Trinajstić information content (AvgIpc) is 2.93. The molecule has 1 aliphatic rings. The van der Waals surface area contributed by atoms with Crippen LogP contribution in [0.4, 0.5) is 0 Å². The minimum atomic E-state index is -0.487. The van der Waals surface area contributed by atoms with E-state index in [9.17, 15) is 4.79 Å². The zero-order valence-corrected chi connectivity index (χ0v) is 17.3. The van der Waals surface area contributed by atoms with Crippen LogP contribution in [0.5, 0.6) is 11.5 Å². The van der Waals surface area contributed by atoms with Crippen LogP contribution in [0.25, 0.3) is 6.08 Å². The first-order valence-corrected chi connectivity index (χ1v) is 9.30. The maximum Gasteiger partial charge on any atom is 0.363 e. The van der Waals surface area contributed by atoms with Gasteiger partial charge in [-0.15, -0.1) is 0 Å². The van der Waals surface area contributed by atoms with Crippen molar-refractivity contribution in [3.63, 3.8) is 0 Å². The molecule has 0 fully saturated rings. The van der Waals surface area contributed by atoms with Gasteiger partial charge in [-0.05, 0) is 49.6 Å². The van der Waals surface area contributed by atoms with Crippen LogP contribution in [0.3, 0.4) is 0 Å². The van der Waals surface area contributed by atoms with Crippen molar-refractivity contribution in [2.24, 2.45) is 4.99 Å². The summed E-state index contributed by atoms with van der Waals surface area (Å²) in [7, 11) is 1.58. The van der Waals surface area contributed by atoms with Crippen molar-refractivity contribution in [3.8, 4) is 11.5 Å². The molecule has 0 saturated heterocycles. The van der Waals surface area contributed by atoms with E-state index >= 15 is 0 Å². The molecule has 0 aromatic heterocycles. The lowest BCUT2D eigenvalue weighted by molar-refractivity contribution is -0.130. The van der Waals surface area contributed by atoms with Gasteiger partial charge in [-0.1, -0.05) is 30.3 Å². The van der Waals surface area contributed by atoms with Crippen molar-refractivity contribution in [3.05, 3.63) is 62.2 Å². The fourth-order valence-electron chi connectivity index (χ4n) is 2.44. The summed E-state index contributed by atoms with van der Waals surface area (Å²) in [6.45, 7) is 2.00. The Morgan fingerprint density at radius 2 is 1.92 bits per heavy atom. The number of benzene rings is 2. The number of ether oxygens (including phenoxy) is 3. The Balaban J connectivity index is 2.02. The van der Waals surface area contributed by atoms with Gasteiger partial charge in [-0.2, -0.15) is 0 Å². The first-order chi connectivity index (χ1) is 12.5. The van der Waals surface area contributed by atoms with E-state index in [2.05, 4.69) is 36.9 Å². The summed E-state index contributed by atoms with van der Waals surface area (Å²) in [5, 5.41) is 0. The molecule has 26 heavy (non-hydrogen) atoms. The van der Waals surface area contributed by atoms with Crippen LogP contribution in [0.15, 0.2) is 56.0 Å². The lowest BCUT2D eigenvalue weighted by Gasteiger charge is -2.16. The maximum atomic E-state index is 11.9. The standard InChI is InChI=1S/C19H15Br2NO4/c1-11-22-15(19(23)26-11)9-13-8-14(20)18(24-2)16(21)17(13)25-10-12-6-4-3-5-7-12/h3-9H,10H2,1-2H3/b15-9-. The topological polar surface area (TPSA) is 57.1 Å². The predicted octanol–water partition coefficient (Wildman–Crippen LogP) is 5.12. The van der Waals surface area contributed by atoms with Gasteiger partial charge in [-0.3, -0.25) is 0 Å². The Morgan fingerprint density at radius 1 is 1.19 bits per heavy atom. The highest BCUT2D eigenvalue weighted by Crippen LogP contribution is 2.44. The first kappa shape index (κ1) is 18.7. The number of rotatable bonds is 5. The summed E-state index contributed by atoms with van der Waals surface area (Å²) >= 11 is 7.00. The number of aliphatic imine (C=N–C) groups is 1.